The summed E-state index contributed by atoms with van der Waals surface area (Å²) >= 11 is 0. The topological polar surface area (TPSA) is 58.4 Å². The maximum atomic E-state index is 11.7. The van der Waals surface area contributed by atoms with Crippen LogP contribution in [0.15, 0.2) is 0 Å². The predicted octanol–water partition coefficient (Wildman–Crippen LogP) is 0.0376. The van der Waals surface area contributed by atoms with Crippen LogP contribution < -0.4 is 11.1 Å². The van der Waals surface area contributed by atoms with Gasteiger partial charge in [0.1, 0.15) is 0 Å². The quantitative estimate of drug-likeness (QED) is 0.660. The highest BCUT2D eigenvalue weighted by Crippen LogP contribution is 2.12. The summed E-state index contributed by atoms with van der Waals surface area (Å²) in [5, 5.41) is 2.94. The molecule has 14 heavy (non-hydrogen) atoms. The average Bonchev–Trinajstić information content (AvgIpc) is 2.02. The summed E-state index contributed by atoms with van der Waals surface area (Å²) in [5.41, 5.74) is 5.04. The van der Waals surface area contributed by atoms with E-state index in [-0.39, 0.29) is 11.9 Å². The molecule has 0 bridgehead atoms. The van der Waals surface area contributed by atoms with Crippen LogP contribution in [0.4, 0.5) is 0 Å². The van der Waals surface area contributed by atoms with Crippen molar-refractivity contribution in [1.82, 2.24) is 10.2 Å². The first kappa shape index (κ1) is 13.4. The van der Waals surface area contributed by atoms with E-state index < -0.39 is 5.41 Å². The second kappa shape index (κ2) is 5.32. The summed E-state index contributed by atoms with van der Waals surface area (Å²) in [6.45, 7) is 6.90. The van der Waals surface area contributed by atoms with Crippen molar-refractivity contribution in [2.24, 2.45) is 11.1 Å². The lowest BCUT2D eigenvalue weighted by atomic mass is 9.92. The van der Waals surface area contributed by atoms with E-state index in [1.54, 1.807) is 0 Å². The molecule has 0 aromatic rings. The Morgan fingerprint density at radius 1 is 1.50 bits per heavy atom. The van der Waals surface area contributed by atoms with E-state index in [0.29, 0.717) is 6.54 Å². The first-order chi connectivity index (χ1) is 6.29. The Labute approximate surface area is 86.8 Å². The number of likely N-dealkylation sites (N-methyl/N-ethyl adjacent to an activating group) is 1. The Balaban J connectivity index is 4.06. The van der Waals surface area contributed by atoms with Crippen molar-refractivity contribution in [3.63, 3.8) is 0 Å². The van der Waals surface area contributed by atoms with Gasteiger partial charge >= 0.3 is 0 Å². The van der Waals surface area contributed by atoms with Gasteiger partial charge in [0.25, 0.3) is 0 Å². The van der Waals surface area contributed by atoms with Gasteiger partial charge in [0.15, 0.2) is 0 Å². The van der Waals surface area contributed by atoms with Crippen molar-refractivity contribution in [3.05, 3.63) is 0 Å². The molecule has 0 heterocycles. The van der Waals surface area contributed by atoms with Gasteiger partial charge < -0.3 is 16.0 Å². The van der Waals surface area contributed by atoms with Gasteiger partial charge in [-0.1, -0.05) is 0 Å². The molecule has 1 atom stereocenters. The van der Waals surface area contributed by atoms with Gasteiger partial charge in [-0.15, -0.1) is 0 Å². The maximum Gasteiger partial charge on any atom is 0.227 e. The van der Waals surface area contributed by atoms with Crippen LogP contribution in [-0.4, -0.2) is 44.0 Å². The fraction of sp³-hybridized carbons (Fsp3) is 0.900. The van der Waals surface area contributed by atoms with E-state index in [9.17, 15) is 4.79 Å². The van der Waals surface area contributed by atoms with E-state index in [0.717, 1.165) is 6.54 Å². The van der Waals surface area contributed by atoms with Crippen molar-refractivity contribution >= 4 is 5.91 Å². The van der Waals surface area contributed by atoms with E-state index in [2.05, 4.69) is 5.32 Å². The Hall–Kier alpha value is -0.610. The average molecular weight is 201 g/mol. The first-order valence-electron chi connectivity index (χ1n) is 4.95. The molecular formula is C10H23N3O. The molecule has 84 valence electrons. The van der Waals surface area contributed by atoms with Crippen molar-refractivity contribution in [1.29, 1.82) is 0 Å². The van der Waals surface area contributed by atoms with Crippen molar-refractivity contribution in [3.8, 4) is 0 Å². The number of nitrogens with zero attached hydrogens (tertiary/aromatic N) is 1. The SMILES string of the molecule is CC(CN(C)C)NC(=O)C(C)(C)CN. The molecule has 0 saturated heterocycles. The van der Waals surface area contributed by atoms with Gasteiger partial charge in [-0.2, -0.15) is 0 Å². The molecular weight excluding hydrogens is 178 g/mol. The molecule has 1 unspecified atom stereocenters. The Morgan fingerprint density at radius 3 is 2.36 bits per heavy atom. The largest absolute Gasteiger partial charge is 0.352 e. The molecule has 0 aliphatic heterocycles. The van der Waals surface area contributed by atoms with E-state index in [4.69, 9.17) is 5.73 Å². The molecule has 4 nitrogen and oxygen atoms in total. The highest BCUT2D eigenvalue weighted by atomic mass is 16.2. The van der Waals surface area contributed by atoms with Gasteiger partial charge in [0, 0.05) is 19.1 Å². The van der Waals surface area contributed by atoms with Crippen LogP contribution in [0.1, 0.15) is 20.8 Å². The summed E-state index contributed by atoms with van der Waals surface area (Å²) in [6.07, 6.45) is 0. The molecule has 0 radical (unpaired) electrons. The Morgan fingerprint density at radius 2 is 2.00 bits per heavy atom. The Kier molecular flexibility index (Phi) is 5.08. The fourth-order valence-corrected chi connectivity index (χ4v) is 1.11. The van der Waals surface area contributed by atoms with Gasteiger partial charge in [-0.25, -0.2) is 0 Å². The number of amides is 1. The number of carbonyl (C=O) groups is 1. The summed E-state index contributed by atoms with van der Waals surface area (Å²) < 4.78 is 0. The van der Waals surface area contributed by atoms with Gasteiger partial charge in [0.05, 0.1) is 5.41 Å². The normalized spacial score (nSPS) is 14.2. The van der Waals surface area contributed by atoms with Crippen LogP contribution in [0.2, 0.25) is 0 Å². The molecule has 4 heteroatoms. The monoisotopic (exact) mass is 201 g/mol. The van der Waals surface area contributed by atoms with Gasteiger partial charge in [0.2, 0.25) is 5.91 Å². The smallest absolute Gasteiger partial charge is 0.227 e. The van der Waals surface area contributed by atoms with Gasteiger partial charge in [-0.3, -0.25) is 4.79 Å². The third-order valence-electron chi connectivity index (χ3n) is 2.14. The number of hydrogen-bond donors (Lipinski definition) is 2. The molecule has 1 amide bonds. The molecule has 0 aromatic carbocycles. The van der Waals surface area contributed by atoms with E-state index >= 15 is 0 Å². The minimum absolute atomic E-state index is 0.0225. The van der Waals surface area contributed by atoms with Crippen molar-refractivity contribution < 1.29 is 4.79 Å². The van der Waals surface area contributed by atoms with Crippen LogP contribution in [-0.2, 0) is 4.79 Å². The molecule has 0 aromatic heterocycles. The van der Waals surface area contributed by atoms with Crippen molar-refractivity contribution in [2.45, 2.75) is 26.8 Å². The lowest BCUT2D eigenvalue weighted by molar-refractivity contribution is -0.129. The summed E-state index contributed by atoms with van der Waals surface area (Å²) in [6, 6.07) is 0.156. The minimum atomic E-state index is -0.472. The number of rotatable bonds is 5. The van der Waals surface area contributed by atoms with Crippen LogP contribution >= 0.6 is 0 Å². The second-order valence-corrected chi connectivity index (χ2v) is 4.72. The van der Waals surface area contributed by atoms with Crippen LogP contribution in [0.25, 0.3) is 0 Å². The van der Waals surface area contributed by atoms with Crippen LogP contribution in [0.3, 0.4) is 0 Å². The number of hydrogen-bond acceptors (Lipinski definition) is 3. The third-order valence-corrected chi connectivity index (χ3v) is 2.14. The molecule has 3 N–H and O–H groups in total. The molecule has 0 rings (SSSR count). The van der Waals surface area contributed by atoms with Crippen LogP contribution in [0.5, 0.6) is 0 Å². The van der Waals surface area contributed by atoms with E-state index in [1.807, 2.05) is 39.8 Å². The summed E-state index contributed by atoms with van der Waals surface area (Å²) in [5.74, 6) is 0.0225. The van der Waals surface area contributed by atoms with Gasteiger partial charge in [-0.05, 0) is 34.9 Å². The van der Waals surface area contributed by atoms with Crippen LogP contribution in [0, 0.1) is 5.41 Å². The highest BCUT2D eigenvalue weighted by Gasteiger charge is 2.26. The highest BCUT2D eigenvalue weighted by molar-refractivity contribution is 5.82. The zero-order valence-corrected chi connectivity index (χ0v) is 9.92. The zero-order valence-electron chi connectivity index (χ0n) is 9.92. The lowest BCUT2D eigenvalue weighted by Crippen LogP contribution is -2.47. The summed E-state index contributed by atoms with van der Waals surface area (Å²) in [4.78, 5) is 13.7. The molecule has 0 spiro atoms. The zero-order chi connectivity index (χ0) is 11.4. The van der Waals surface area contributed by atoms with E-state index in [1.165, 1.54) is 0 Å². The molecule has 0 aliphatic rings. The number of nitrogens with one attached hydrogen (secondary N) is 1. The summed E-state index contributed by atoms with van der Waals surface area (Å²) in [7, 11) is 3.97. The fourth-order valence-electron chi connectivity index (χ4n) is 1.11. The second-order valence-electron chi connectivity index (χ2n) is 4.72. The molecule has 0 aliphatic carbocycles. The maximum absolute atomic E-state index is 11.7. The standard InChI is InChI=1S/C10H23N3O/c1-8(6-13(4)5)12-9(14)10(2,3)7-11/h8H,6-7,11H2,1-5H3,(H,12,14). The number of carbonyl (C=O) groups excluding carboxylic acids is 1. The Bertz CT molecular complexity index is 190. The minimum Gasteiger partial charge on any atom is -0.352 e. The third kappa shape index (κ3) is 4.58. The molecule has 0 fully saturated rings. The first-order valence-corrected chi connectivity index (χ1v) is 4.95. The lowest BCUT2D eigenvalue weighted by Gasteiger charge is -2.25. The number of nitrogens with two attached hydrogens (primary N) is 1. The van der Waals surface area contributed by atoms with Crippen molar-refractivity contribution in [2.75, 3.05) is 27.2 Å². The molecule has 0 saturated carbocycles. The predicted molar refractivity (Wildman–Crippen MR) is 59.0 cm³/mol.